The number of piperidine rings is 1. The summed E-state index contributed by atoms with van der Waals surface area (Å²) < 4.78 is 13.4. The van der Waals surface area contributed by atoms with Crippen molar-refractivity contribution < 1.29 is 9.50 Å². The van der Waals surface area contributed by atoms with Crippen molar-refractivity contribution in [3.05, 3.63) is 64.7 Å². The van der Waals surface area contributed by atoms with E-state index in [0.29, 0.717) is 12.1 Å². The van der Waals surface area contributed by atoms with Crippen LogP contribution in [-0.4, -0.2) is 39.7 Å². The number of aromatic amines is 1. The molecule has 4 nitrogen and oxygen atoms in total. The Hall–Kier alpha value is -1.95. The number of rotatable bonds is 5. The molecule has 1 aliphatic heterocycles. The van der Waals surface area contributed by atoms with E-state index in [-0.39, 0.29) is 17.8 Å². The molecule has 27 heavy (non-hydrogen) atoms. The minimum absolute atomic E-state index is 0.140. The maximum atomic E-state index is 13.4. The molecule has 2 heterocycles. The number of likely N-dealkylation sites (tertiary alicyclic amines) is 1. The van der Waals surface area contributed by atoms with Crippen molar-refractivity contribution in [2.45, 2.75) is 25.8 Å². The molecule has 1 saturated heterocycles. The van der Waals surface area contributed by atoms with Gasteiger partial charge in [-0.3, -0.25) is 4.90 Å². The van der Waals surface area contributed by atoms with Crippen LogP contribution in [0.5, 0.6) is 0 Å². The number of nitrogens with zero attached hydrogens (tertiary/aromatic N) is 2. The minimum atomic E-state index is -0.267. The maximum Gasteiger partial charge on any atom is 0.125 e. The first-order valence-corrected chi connectivity index (χ1v) is 9.65. The molecule has 1 aliphatic rings. The van der Waals surface area contributed by atoms with Crippen LogP contribution in [-0.2, 0) is 13.0 Å². The van der Waals surface area contributed by atoms with Gasteiger partial charge in [-0.1, -0.05) is 23.7 Å². The molecule has 1 aromatic heterocycles. The zero-order valence-electron chi connectivity index (χ0n) is 15.1. The molecule has 142 valence electrons. The zero-order chi connectivity index (χ0) is 18.9. The third-order valence-corrected chi connectivity index (χ3v) is 5.65. The lowest BCUT2D eigenvalue weighted by Crippen LogP contribution is -2.46. The van der Waals surface area contributed by atoms with Gasteiger partial charge in [-0.2, -0.15) is 0 Å². The van der Waals surface area contributed by atoms with E-state index in [2.05, 4.69) is 20.9 Å². The smallest absolute Gasteiger partial charge is 0.125 e. The Morgan fingerprint density at radius 3 is 2.96 bits per heavy atom. The molecular formula is C21H23ClFN3O. The summed E-state index contributed by atoms with van der Waals surface area (Å²) in [5.74, 6) is 0.559. The fourth-order valence-electron chi connectivity index (χ4n) is 4.18. The summed E-state index contributed by atoms with van der Waals surface area (Å²) in [4.78, 5) is 10.1. The summed E-state index contributed by atoms with van der Waals surface area (Å²) in [6, 6.07) is 12.5. The predicted octanol–water partition coefficient (Wildman–Crippen LogP) is 4.17. The van der Waals surface area contributed by atoms with Gasteiger partial charge in [-0.15, -0.1) is 0 Å². The van der Waals surface area contributed by atoms with Crippen LogP contribution >= 0.6 is 11.6 Å². The molecule has 0 aliphatic carbocycles. The van der Waals surface area contributed by atoms with E-state index in [1.54, 1.807) is 6.07 Å². The highest BCUT2D eigenvalue weighted by Gasteiger charge is 2.35. The lowest BCUT2D eigenvalue weighted by Gasteiger charge is -2.41. The van der Waals surface area contributed by atoms with Crippen LogP contribution in [0.1, 0.15) is 24.2 Å². The number of fused-ring (bicyclic) bond motifs is 1. The molecule has 0 unspecified atom stereocenters. The van der Waals surface area contributed by atoms with Crippen LogP contribution in [0.25, 0.3) is 11.0 Å². The van der Waals surface area contributed by atoms with E-state index >= 15 is 0 Å². The van der Waals surface area contributed by atoms with Gasteiger partial charge >= 0.3 is 0 Å². The third-order valence-electron chi connectivity index (χ3n) is 5.41. The first-order chi connectivity index (χ1) is 13.0. The van der Waals surface area contributed by atoms with Crippen molar-refractivity contribution in [2.75, 3.05) is 19.7 Å². The van der Waals surface area contributed by atoms with Crippen molar-refractivity contribution in [3.8, 4) is 0 Å². The Labute approximate surface area is 163 Å². The molecule has 0 radical (unpaired) electrons. The quantitative estimate of drug-likeness (QED) is 0.690. The number of halogens is 2. The summed E-state index contributed by atoms with van der Waals surface area (Å²) in [5, 5.41) is 10.9. The molecule has 1 atom stereocenters. The van der Waals surface area contributed by atoms with E-state index < -0.39 is 0 Å². The normalized spacial score (nSPS) is 21.0. The van der Waals surface area contributed by atoms with Crippen molar-refractivity contribution in [1.82, 2.24) is 14.9 Å². The van der Waals surface area contributed by atoms with Crippen LogP contribution in [0.2, 0.25) is 5.02 Å². The van der Waals surface area contributed by atoms with Crippen LogP contribution in [0.3, 0.4) is 0 Å². The van der Waals surface area contributed by atoms with Crippen LogP contribution < -0.4 is 0 Å². The Morgan fingerprint density at radius 1 is 1.26 bits per heavy atom. The van der Waals surface area contributed by atoms with Gasteiger partial charge in [0.2, 0.25) is 0 Å². The average Bonchev–Trinajstić information content (AvgIpc) is 3.03. The number of hydrogen-bond donors (Lipinski definition) is 2. The first-order valence-electron chi connectivity index (χ1n) is 9.27. The van der Waals surface area contributed by atoms with E-state index in [9.17, 15) is 9.50 Å². The summed E-state index contributed by atoms with van der Waals surface area (Å²) in [7, 11) is 0. The summed E-state index contributed by atoms with van der Waals surface area (Å²) >= 11 is 6.12. The highest BCUT2D eigenvalue weighted by molar-refractivity contribution is 6.30. The molecular weight excluding hydrogens is 365 g/mol. The second-order valence-corrected chi connectivity index (χ2v) is 8.06. The largest absolute Gasteiger partial charge is 0.396 e. The maximum absolute atomic E-state index is 13.4. The van der Waals surface area contributed by atoms with Gasteiger partial charge in [0, 0.05) is 17.0 Å². The van der Waals surface area contributed by atoms with Crippen molar-refractivity contribution in [3.63, 3.8) is 0 Å². The van der Waals surface area contributed by atoms with E-state index in [1.807, 2.05) is 18.2 Å². The molecule has 4 rings (SSSR count). The Bertz CT molecular complexity index is 944. The number of benzene rings is 2. The lowest BCUT2D eigenvalue weighted by atomic mass is 9.75. The Kier molecular flexibility index (Phi) is 5.17. The Balaban J connectivity index is 1.50. The number of H-pyrrole nitrogens is 1. The number of imidazole rings is 1. The second kappa shape index (κ2) is 7.58. The summed E-state index contributed by atoms with van der Waals surface area (Å²) in [6.45, 7) is 2.55. The van der Waals surface area contributed by atoms with Gasteiger partial charge in [0.05, 0.1) is 24.2 Å². The summed E-state index contributed by atoms with van der Waals surface area (Å²) in [6.07, 6.45) is 2.81. The van der Waals surface area contributed by atoms with Crippen molar-refractivity contribution in [1.29, 1.82) is 0 Å². The Morgan fingerprint density at radius 2 is 2.15 bits per heavy atom. The number of aromatic nitrogens is 2. The number of nitrogens with one attached hydrogen (secondary N) is 1. The molecule has 1 fully saturated rings. The first kappa shape index (κ1) is 18.4. The fourth-order valence-corrected chi connectivity index (χ4v) is 4.39. The second-order valence-electron chi connectivity index (χ2n) is 7.62. The van der Waals surface area contributed by atoms with E-state index in [4.69, 9.17) is 11.6 Å². The van der Waals surface area contributed by atoms with Gasteiger partial charge < -0.3 is 10.1 Å². The number of aliphatic hydroxyl groups is 1. The lowest BCUT2D eigenvalue weighted by molar-refractivity contribution is 0.0279. The summed E-state index contributed by atoms with van der Waals surface area (Å²) in [5.41, 5.74) is 2.46. The third kappa shape index (κ3) is 4.15. The zero-order valence-corrected chi connectivity index (χ0v) is 15.8. The SMILES string of the molecule is OC[C@@]1(Cc2cccc(Cl)c2)CCCN(Cc2nc3ccc(F)cc3[nH]2)C1. The average molecular weight is 388 g/mol. The predicted molar refractivity (Wildman–Crippen MR) is 105 cm³/mol. The molecule has 0 saturated carbocycles. The van der Waals surface area contributed by atoms with Crippen LogP contribution in [0.15, 0.2) is 42.5 Å². The molecule has 2 N–H and O–H groups in total. The molecule has 0 bridgehead atoms. The van der Waals surface area contributed by atoms with Gasteiger partial charge in [-0.25, -0.2) is 9.37 Å². The van der Waals surface area contributed by atoms with Gasteiger partial charge in [-0.05, 0) is 61.7 Å². The van der Waals surface area contributed by atoms with Gasteiger partial charge in [0.15, 0.2) is 0 Å². The number of aliphatic hydroxyl groups excluding tert-OH is 1. The molecule has 3 aromatic rings. The molecule has 0 amide bonds. The van der Waals surface area contributed by atoms with Crippen LogP contribution in [0.4, 0.5) is 4.39 Å². The molecule has 0 spiro atoms. The number of hydrogen-bond acceptors (Lipinski definition) is 3. The van der Waals surface area contributed by atoms with E-state index in [1.165, 1.54) is 12.1 Å². The van der Waals surface area contributed by atoms with Gasteiger partial charge in [0.1, 0.15) is 11.6 Å². The van der Waals surface area contributed by atoms with Crippen molar-refractivity contribution in [2.24, 2.45) is 5.41 Å². The van der Waals surface area contributed by atoms with Gasteiger partial charge in [0.25, 0.3) is 0 Å². The monoisotopic (exact) mass is 387 g/mol. The standard InChI is InChI=1S/C21H23ClFN3O/c22-16-4-1-3-15(9-16)11-21(14-27)7-2-8-26(13-21)12-20-24-18-6-5-17(23)10-19(18)25-20/h1,3-6,9-10,27H,2,7-8,11-14H2,(H,24,25)/t21-/m1/s1. The van der Waals surface area contributed by atoms with E-state index in [0.717, 1.165) is 54.3 Å². The highest BCUT2D eigenvalue weighted by atomic mass is 35.5. The van der Waals surface area contributed by atoms with Crippen LogP contribution in [0, 0.1) is 11.2 Å². The fraction of sp³-hybridized carbons (Fsp3) is 0.381. The topological polar surface area (TPSA) is 52.1 Å². The highest BCUT2D eigenvalue weighted by Crippen LogP contribution is 2.34. The van der Waals surface area contributed by atoms with Crippen molar-refractivity contribution >= 4 is 22.6 Å². The molecule has 6 heteroatoms. The minimum Gasteiger partial charge on any atom is -0.396 e. The molecule has 2 aromatic carbocycles.